The summed E-state index contributed by atoms with van der Waals surface area (Å²) in [7, 11) is 0. The van der Waals surface area contributed by atoms with Crippen molar-refractivity contribution in [2.45, 2.75) is 52.4 Å². The topological polar surface area (TPSA) is 45.8 Å². The molecular weight excluding hydrogens is 315 g/mol. The molecule has 90 valence electrons. The molecule has 0 fully saturated rings. The van der Waals surface area contributed by atoms with Crippen LogP contribution in [0.3, 0.4) is 0 Å². The van der Waals surface area contributed by atoms with Crippen LogP contribution < -0.4 is 5.56 Å². The van der Waals surface area contributed by atoms with E-state index in [0.717, 1.165) is 27.9 Å². The molecule has 1 aromatic heterocycles. The summed E-state index contributed by atoms with van der Waals surface area (Å²) in [6.07, 6.45) is 2.02. The summed E-state index contributed by atoms with van der Waals surface area (Å²) < 4.78 is 0.724. The van der Waals surface area contributed by atoms with E-state index >= 15 is 0 Å². The van der Waals surface area contributed by atoms with E-state index in [0.29, 0.717) is 11.8 Å². The molecular formula is C12H19IN2O. The van der Waals surface area contributed by atoms with Crippen molar-refractivity contribution < 1.29 is 0 Å². The number of nitrogens with zero attached hydrogens (tertiary/aromatic N) is 1. The van der Waals surface area contributed by atoms with Crippen LogP contribution in [-0.2, 0) is 0 Å². The Morgan fingerprint density at radius 3 is 2.31 bits per heavy atom. The SMILES string of the molecule is CCC(CC)c1nc(C(C)C)c(I)c(=O)[nH]1. The Balaban J connectivity index is 3.28. The molecule has 0 spiro atoms. The number of rotatable bonds is 4. The van der Waals surface area contributed by atoms with Crippen molar-refractivity contribution in [3.05, 3.63) is 25.4 Å². The van der Waals surface area contributed by atoms with Crippen LogP contribution in [0, 0.1) is 3.57 Å². The number of hydrogen-bond acceptors (Lipinski definition) is 2. The van der Waals surface area contributed by atoms with Gasteiger partial charge in [-0.3, -0.25) is 4.79 Å². The third-order valence-corrected chi connectivity index (χ3v) is 3.87. The van der Waals surface area contributed by atoms with E-state index in [9.17, 15) is 4.79 Å². The van der Waals surface area contributed by atoms with Gasteiger partial charge in [-0.05, 0) is 41.4 Å². The van der Waals surface area contributed by atoms with Crippen LogP contribution in [0.5, 0.6) is 0 Å². The molecule has 0 aliphatic heterocycles. The van der Waals surface area contributed by atoms with Crippen LogP contribution in [0.4, 0.5) is 0 Å². The highest BCUT2D eigenvalue weighted by molar-refractivity contribution is 14.1. The van der Waals surface area contributed by atoms with Crippen molar-refractivity contribution in [2.75, 3.05) is 0 Å². The zero-order valence-corrected chi connectivity index (χ0v) is 12.5. The van der Waals surface area contributed by atoms with E-state index in [4.69, 9.17) is 0 Å². The summed E-state index contributed by atoms with van der Waals surface area (Å²) in [4.78, 5) is 19.3. The molecule has 1 heterocycles. The molecule has 0 radical (unpaired) electrons. The highest BCUT2D eigenvalue weighted by Crippen LogP contribution is 2.22. The number of halogens is 1. The highest BCUT2D eigenvalue weighted by atomic mass is 127. The second-order valence-electron chi connectivity index (χ2n) is 4.32. The second kappa shape index (κ2) is 5.80. The molecule has 0 unspecified atom stereocenters. The molecule has 16 heavy (non-hydrogen) atoms. The fraction of sp³-hybridized carbons (Fsp3) is 0.667. The third-order valence-electron chi connectivity index (χ3n) is 2.83. The van der Waals surface area contributed by atoms with E-state index in [2.05, 4.69) is 60.3 Å². The molecule has 0 amide bonds. The molecule has 0 saturated heterocycles. The predicted octanol–water partition coefficient (Wildman–Crippen LogP) is 3.40. The lowest BCUT2D eigenvalue weighted by molar-refractivity contribution is 0.589. The fourth-order valence-electron chi connectivity index (χ4n) is 1.75. The monoisotopic (exact) mass is 334 g/mol. The molecule has 3 nitrogen and oxygen atoms in total. The van der Waals surface area contributed by atoms with Crippen LogP contribution in [0.1, 0.15) is 63.9 Å². The van der Waals surface area contributed by atoms with E-state index < -0.39 is 0 Å². The van der Waals surface area contributed by atoms with Gasteiger partial charge >= 0.3 is 0 Å². The first-order valence-electron chi connectivity index (χ1n) is 5.80. The number of nitrogens with one attached hydrogen (secondary N) is 1. The van der Waals surface area contributed by atoms with Gasteiger partial charge in [-0.15, -0.1) is 0 Å². The first-order valence-corrected chi connectivity index (χ1v) is 6.88. The molecule has 0 aliphatic carbocycles. The Labute approximate surface area is 110 Å². The van der Waals surface area contributed by atoms with Crippen molar-refractivity contribution in [3.63, 3.8) is 0 Å². The number of aromatic nitrogens is 2. The van der Waals surface area contributed by atoms with Crippen LogP contribution in [0.25, 0.3) is 0 Å². The highest BCUT2D eigenvalue weighted by Gasteiger charge is 2.16. The maximum absolute atomic E-state index is 11.8. The summed E-state index contributed by atoms with van der Waals surface area (Å²) in [5.41, 5.74) is 0.924. The Morgan fingerprint density at radius 1 is 1.31 bits per heavy atom. The van der Waals surface area contributed by atoms with Gasteiger partial charge in [0.25, 0.3) is 5.56 Å². The zero-order valence-electron chi connectivity index (χ0n) is 10.3. The number of aromatic amines is 1. The lowest BCUT2D eigenvalue weighted by Crippen LogP contribution is -2.20. The molecule has 1 rings (SSSR count). The minimum absolute atomic E-state index is 0.00111. The normalized spacial score (nSPS) is 11.4. The smallest absolute Gasteiger partial charge is 0.264 e. The van der Waals surface area contributed by atoms with Crippen molar-refractivity contribution in [1.29, 1.82) is 0 Å². The minimum atomic E-state index is 0.00111. The van der Waals surface area contributed by atoms with Gasteiger partial charge in [0.1, 0.15) is 5.82 Å². The van der Waals surface area contributed by atoms with Crippen LogP contribution >= 0.6 is 22.6 Å². The first kappa shape index (κ1) is 13.7. The molecule has 1 aromatic rings. The lowest BCUT2D eigenvalue weighted by atomic mass is 10.0. The molecule has 1 N–H and O–H groups in total. The molecule has 0 atom stereocenters. The van der Waals surface area contributed by atoms with Gasteiger partial charge in [0.2, 0.25) is 0 Å². The third kappa shape index (κ3) is 2.84. The van der Waals surface area contributed by atoms with Gasteiger partial charge in [0.15, 0.2) is 0 Å². The zero-order chi connectivity index (χ0) is 12.3. The largest absolute Gasteiger partial charge is 0.309 e. The van der Waals surface area contributed by atoms with Gasteiger partial charge in [0.05, 0.1) is 9.26 Å². The summed E-state index contributed by atoms with van der Waals surface area (Å²) in [6.45, 7) is 8.39. The molecule has 0 saturated carbocycles. The van der Waals surface area contributed by atoms with Crippen molar-refractivity contribution in [3.8, 4) is 0 Å². The molecule has 4 heteroatoms. The summed E-state index contributed by atoms with van der Waals surface area (Å²) in [5.74, 6) is 1.50. The maximum atomic E-state index is 11.8. The van der Waals surface area contributed by atoms with E-state index in [1.165, 1.54) is 0 Å². The lowest BCUT2D eigenvalue weighted by Gasteiger charge is -2.14. The summed E-state index contributed by atoms with van der Waals surface area (Å²) in [5, 5.41) is 0. The van der Waals surface area contributed by atoms with Gasteiger partial charge in [-0.25, -0.2) is 4.98 Å². The standard InChI is InChI=1S/C12H19IN2O/c1-5-8(6-2)11-14-10(7(3)4)9(13)12(16)15-11/h7-8H,5-6H2,1-4H3,(H,14,15,16). The van der Waals surface area contributed by atoms with Gasteiger partial charge in [0, 0.05) is 5.92 Å². The number of hydrogen-bond donors (Lipinski definition) is 1. The van der Waals surface area contributed by atoms with Crippen LogP contribution in [0.2, 0.25) is 0 Å². The Bertz CT molecular complexity index is 408. The average molecular weight is 334 g/mol. The average Bonchev–Trinajstić information content (AvgIpc) is 2.24. The van der Waals surface area contributed by atoms with Crippen molar-refractivity contribution in [1.82, 2.24) is 9.97 Å². The van der Waals surface area contributed by atoms with Crippen LogP contribution in [-0.4, -0.2) is 9.97 Å². The summed E-state index contributed by atoms with van der Waals surface area (Å²) in [6, 6.07) is 0. The number of H-pyrrole nitrogens is 1. The first-order chi connectivity index (χ1) is 7.51. The maximum Gasteiger partial charge on any atom is 0.264 e. The fourth-order valence-corrected chi connectivity index (χ4v) is 2.62. The second-order valence-corrected chi connectivity index (χ2v) is 5.40. The Kier molecular flexibility index (Phi) is 4.95. The van der Waals surface area contributed by atoms with Gasteiger partial charge < -0.3 is 4.98 Å². The molecule has 0 aromatic carbocycles. The Morgan fingerprint density at radius 2 is 1.88 bits per heavy atom. The predicted molar refractivity (Wildman–Crippen MR) is 75.0 cm³/mol. The van der Waals surface area contributed by atoms with Gasteiger partial charge in [-0.1, -0.05) is 27.7 Å². The minimum Gasteiger partial charge on any atom is -0.309 e. The van der Waals surface area contributed by atoms with Crippen molar-refractivity contribution >= 4 is 22.6 Å². The van der Waals surface area contributed by atoms with Gasteiger partial charge in [-0.2, -0.15) is 0 Å². The van der Waals surface area contributed by atoms with Crippen molar-refractivity contribution in [2.24, 2.45) is 0 Å². The Hall–Kier alpha value is -0.390. The van der Waals surface area contributed by atoms with E-state index in [-0.39, 0.29) is 5.56 Å². The van der Waals surface area contributed by atoms with Crippen LogP contribution in [0.15, 0.2) is 4.79 Å². The summed E-state index contributed by atoms with van der Waals surface area (Å²) >= 11 is 2.08. The van der Waals surface area contributed by atoms with E-state index in [1.54, 1.807) is 0 Å². The van der Waals surface area contributed by atoms with E-state index in [1.807, 2.05) is 0 Å². The molecule has 0 aliphatic rings. The quantitative estimate of drug-likeness (QED) is 0.858. The molecule has 0 bridgehead atoms.